The van der Waals surface area contributed by atoms with Crippen molar-refractivity contribution in [2.45, 2.75) is 264 Å². The van der Waals surface area contributed by atoms with Gasteiger partial charge in [-0.05, 0) is 38.5 Å². The van der Waals surface area contributed by atoms with Crippen molar-refractivity contribution in [3.63, 3.8) is 0 Å². The van der Waals surface area contributed by atoms with Crippen molar-refractivity contribution >= 4 is 16.0 Å². The molecule has 0 spiro atoms. The summed E-state index contributed by atoms with van der Waals surface area (Å²) in [5.74, 6) is -0.888. The van der Waals surface area contributed by atoms with Crippen molar-refractivity contribution < 1.29 is 22.9 Å². The molecule has 0 bridgehead atoms. The fourth-order valence-corrected chi connectivity index (χ4v) is 8.03. The van der Waals surface area contributed by atoms with Gasteiger partial charge in [0.15, 0.2) is 0 Å². The number of amides is 1. The number of carbonyl (C=O) groups is 1. The Balaban J connectivity index is 3.79. The lowest BCUT2D eigenvalue weighted by molar-refractivity contribution is -0.122. The van der Waals surface area contributed by atoms with E-state index in [1.165, 1.54) is 186 Å². The van der Waals surface area contributed by atoms with E-state index in [1.807, 2.05) is 0 Å². The Morgan fingerprint density at radius 1 is 0.500 bits per heavy atom. The Morgan fingerprint density at radius 3 is 1.15 bits per heavy atom. The zero-order valence-electron chi connectivity index (χ0n) is 34.7. The van der Waals surface area contributed by atoms with Crippen LogP contribution in [0.15, 0.2) is 12.2 Å². The van der Waals surface area contributed by atoms with Gasteiger partial charge in [0, 0.05) is 6.42 Å². The van der Waals surface area contributed by atoms with Crippen molar-refractivity contribution in [3.8, 4) is 0 Å². The van der Waals surface area contributed by atoms with Gasteiger partial charge in [-0.2, -0.15) is 8.42 Å². The topological polar surface area (TPSA) is 104 Å². The van der Waals surface area contributed by atoms with E-state index in [0.29, 0.717) is 12.8 Å². The van der Waals surface area contributed by atoms with E-state index in [1.54, 1.807) is 0 Å². The fourth-order valence-electron chi connectivity index (χ4n) is 7.27. The van der Waals surface area contributed by atoms with Crippen molar-refractivity contribution in [1.29, 1.82) is 0 Å². The summed E-state index contributed by atoms with van der Waals surface area (Å²) in [7, 11) is -4.31. The maximum absolute atomic E-state index is 12.6. The Hall–Kier alpha value is -0.920. The van der Waals surface area contributed by atoms with Gasteiger partial charge in [0.25, 0.3) is 10.1 Å². The first kappa shape index (κ1) is 51.1. The van der Waals surface area contributed by atoms with Crippen LogP contribution in [0.2, 0.25) is 0 Å². The van der Waals surface area contributed by atoms with Crippen molar-refractivity contribution in [3.05, 3.63) is 12.2 Å². The van der Waals surface area contributed by atoms with Crippen LogP contribution < -0.4 is 5.32 Å². The lowest BCUT2D eigenvalue weighted by Gasteiger charge is -2.23. The number of allylic oxidation sites excluding steroid dienone is 2. The molecule has 0 aromatic rings. The van der Waals surface area contributed by atoms with Gasteiger partial charge in [-0.15, -0.1) is 0 Å². The van der Waals surface area contributed by atoms with Gasteiger partial charge < -0.3 is 10.4 Å². The highest BCUT2D eigenvalue weighted by atomic mass is 32.2. The third-order valence-corrected chi connectivity index (χ3v) is 11.5. The van der Waals surface area contributed by atoms with Crippen LogP contribution >= 0.6 is 0 Å². The molecule has 0 aromatic carbocycles. The molecule has 6 nitrogen and oxygen atoms in total. The summed E-state index contributed by atoms with van der Waals surface area (Å²) in [6.45, 7) is 4.54. The minimum atomic E-state index is -4.31. The fraction of sp³-hybridized carbons (Fsp3) is 0.933. The van der Waals surface area contributed by atoms with Gasteiger partial charge >= 0.3 is 0 Å². The van der Waals surface area contributed by atoms with E-state index in [-0.39, 0.29) is 5.91 Å². The maximum Gasteiger partial charge on any atom is 0.266 e. The van der Waals surface area contributed by atoms with E-state index >= 15 is 0 Å². The number of aliphatic hydroxyl groups is 1. The zero-order chi connectivity index (χ0) is 38.2. The number of aliphatic hydroxyl groups excluding tert-OH is 1. The Bertz CT molecular complexity index is 877. The number of rotatable bonds is 42. The molecule has 0 fully saturated rings. The maximum atomic E-state index is 12.6. The number of unbranched alkanes of at least 4 members (excludes halogenated alkanes) is 32. The number of hydrogen-bond acceptors (Lipinski definition) is 4. The average molecular weight is 756 g/mol. The van der Waals surface area contributed by atoms with Crippen LogP contribution in [-0.4, -0.2) is 41.9 Å². The van der Waals surface area contributed by atoms with E-state index < -0.39 is 28.0 Å². The highest BCUT2D eigenvalue weighted by Crippen LogP contribution is 2.17. The lowest BCUT2D eigenvalue weighted by atomic mass is 10.0. The Morgan fingerprint density at radius 2 is 0.808 bits per heavy atom. The minimum Gasteiger partial charge on any atom is -0.391 e. The lowest BCUT2D eigenvalue weighted by Crippen LogP contribution is -2.47. The third kappa shape index (κ3) is 40.3. The molecule has 310 valence electrons. The standard InChI is InChI=1S/C45H89NO5S/c1-3-5-7-9-11-13-15-17-19-21-23-25-27-29-31-33-35-37-39-41-45(48)46-43(42-52(49,50)51)44(47)40-38-36-34-32-30-28-26-24-22-20-18-16-14-12-10-8-6-4-2/h17,19,43-44,47H,3-16,18,20-42H2,1-2H3,(H,46,48)(H,49,50,51)/b19-17-. The second-order valence-electron chi connectivity index (χ2n) is 16.0. The van der Waals surface area contributed by atoms with Gasteiger partial charge in [-0.25, -0.2) is 0 Å². The van der Waals surface area contributed by atoms with Crippen LogP contribution in [-0.2, 0) is 14.9 Å². The second-order valence-corrected chi connectivity index (χ2v) is 17.5. The molecule has 7 heteroatoms. The predicted molar refractivity (Wildman–Crippen MR) is 226 cm³/mol. The SMILES string of the molecule is CCCCCCCC/C=C\CCCCCCCCCCCC(=O)NC(CS(=O)(=O)O)C(O)CCCCCCCCCCCCCCCCCCCC. The molecule has 0 heterocycles. The summed E-state index contributed by atoms with van der Waals surface area (Å²) in [6, 6.07) is -0.968. The van der Waals surface area contributed by atoms with Crippen LogP contribution in [0.5, 0.6) is 0 Å². The molecule has 0 aromatic heterocycles. The van der Waals surface area contributed by atoms with Crippen LogP contribution in [0.4, 0.5) is 0 Å². The molecule has 0 radical (unpaired) electrons. The molecule has 3 N–H and O–H groups in total. The normalized spacial score (nSPS) is 13.2. The largest absolute Gasteiger partial charge is 0.391 e. The second kappa shape index (κ2) is 39.8. The average Bonchev–Trinajstić information content (AvgIpc) is 3.11. The minimum absolute atomic E-state index is 0.244. The molecule has 0 saturated carbocycles. The molecule has 0 aliphatic carbocycles. The zero-order valence-corrected chi connectivity index (χ0v) is 35.5. The molecule has 2 unspecified atom stereocenters. The predicted octanol–water partition coefficient (Wildman–Crippen LogP) is 13.7. The van der Waals surface area contributed by atoms with E-state index in [4.69, 9.17) is 0 Å². The summed E-state index contributed by atoms with van der Waals surface area (Å²) >= 11 is 0. The summed E-state index contributed by atoms with van der Waals surface area (Å²) < 4.78 is 32.6. The highest BCUT2D eigenvalue weighted by Gasteiger charge is 2.26. The molecular formula is C45H89NO5S. The summed E-state index contributed by atoms with van der Waals surface area (Å²) in [5, 5.41) is 13.4. The molecular weight excluding hydrogens is 667 g/mol. The summed E-state index contributed by atoms with van der Waals surface area (Å²) in [4.78, 5) is 12.6. The number of hydrogen-bond donors (Lipinski definition) is 3. The van der Waals surface area contributed by atoms with Crippen molar-refractivity contribution in [2.24, 2.45) is 0 Å². The van der Waals surface area contributed by atoms with Gasteiger partial charge in [0.05, 0.1) is 17.9 Å². The summed E-state index contributed by atoms with van der Waals surface area (Å²) in [6.07, 6.45) is 48.8. The van der Waals surface area contributed by atoms with Crippen LogP contribution in [0.25, 0.3) is 0 Å². The smallest absolute Gasteiger partial charge is 0.266 e. The molecule has 0 rings (SSSR count). The van der Waals surface area contributed by atoms with Crippen molar-refractivity contribution in [2.75, 3.05) is 5.75 Å². The quantitative estimate of drug-likeness (QED) is 0.0327. The Kier molecular flexibility index (Phi) is 39.1. The first-order chi connectivity index (χ1) is 25.3. The first-order valence-electron chi connectivity index (χ1n) is 22.9. The monoisotopic (exact) mass is 756 g/mol. The Labute approximate surface area is 324 Å². The molecule has 2 atom stereocenters. The number of nitrogens with one attached hydrogen (secondary N) is 1. The van der Waals surface area contributed by atoms with E-state index in [2.05, 4.69) is 31.3 Å². The first-order valence-corrected chi connectivity index (χ1v) is 24.5. The van der Waals surface area contributed by atoms with Gasteiger partial charge in [0.1, 0.15) is 0 Å². The van der Waals surface area contributed by atoms with E-state index in [0.717, 1.165) is 38.5 Å². The molecule has 52 heavy (non-hydrogen) atoms. The van der Waals surface area contributed by atoms with Crippen LogP contribution in [0, 0.1) is 0 Å². The van der Waals surface area contributed by atoms with Gasteiger partial charge in [0.2, 0.25) is 5.91 Å². The highest BCUT2D eigenvalue weighted by molar-refractivity contribution is 7.85. The van der Waals surface area contributed by atoms with Crippen LogP contribution in [0.3, 0.4) is 0 Å². The number of carbonyl (C=O) groups excluding carboxylic acids is 1. The van der Waals surface area contributed by atoms with Gasteiger partial charge in [-0.3, -0.25) is 9.35 Å². The summed E-state index contributed by atoms with van der Waals surface area (Å²) in [5.41, 5.74) is 0. The molecule has 0 aliphatic rings. The van der Waals surface area contributed by atoms with Crippen molar-refractivity contribution in [1.82, 2.24) is 5.32 Å². The van der Waals surface area contributed by atoms with E-state index in [9.17, 15) is 22.9 Å². The molecule has 0 saturated heterocycles. The molecule has 1 amide bonds. The molecule has 0 aliphatic heterocycles. The third-order valence-electron chi connectivity index (χ3n) is 10.7. The van der Waals surface area contributed by atoms with Gasteiger partial charge in [-0.1, -0.05) is 219 Å². The van der Waals surface area contributed by atoms with Crippen LogP contribution in [0.1, 0.15) is 251 Å².